The molecule has 23 heavy (non-hydrogen) atoms. The molecule has 1 amide bonds. The molecular formula is C19H28N2O2. The molecule has 1 unspecified atom stereocenters. The number of nitrogens with one attached hydrogen (secondary N) is 1. The summed E-state index contributed by atoms with van der Waals surface area (Å²) >= 11 is 0. The normalized spacial score (nSPS) is 28.2. The van der Waals surface area contributed by atoms with Crippen LogP contribution in [-0.2, 0) is 11.2 Å². The lowest BCUT2D eigenvalue weighted by molar-refractivity contribution is 0.0872. The minimum atomic E-state index is 0.0850. The van der Waals surface area contributed by atoms with Crippen LogP contribution in [0, 0.1) is 0 Å². The number of hydrogen-bond acceptors (Lipinski definition) is 3. The van der Waals surface area contributed by atoms with Gasteiger partial charge in [0.1, 0.15) is 0 Å². The van der Waals surface area contributed by atoms with Crippen molar-refractivity contribution in [1.29, 1.82) is 0 Å². The van der Waals surface area contributed by atoms with Crippen molar-refractivity contribution in [2.24, 2.45) is 0 Å². The van der Waals surface area contributed by atoms with E-state index in [0.29, 0.717) is 12.1 Å². The van der Waals surface area contributed by atoms with Crippen LogP contribution in [0.3, 0.4) is 0 Å². The van der Waals surface area contributed by atoms with Crippen molar-refractivity contribution in [1.82, 2.24) is 10.2 Å². The molecule has 0 spiro atoms. The first-order chi connectivity index (χ1) is 11.2. The lowest BCUT2D eigenvalue weighted by Gasteiger charge is -2.30. The smallest absolute Gasteiger partial charge is 0.251 e. The molecule has 0 bridgehead atoms. The number of aryl methyl sites for hydroxylation is 1. The molecule has 126 valence electrons. The Labute approximate surface area is 139 Å². The second-order valence-electron chi connectivity index (χ2n) is 6.73. The molecule has 0 aromatic heterocycles. The number of ether oxygens (including phenoxy) is 1. The third-order valence-electron chi connectivity index (χ3n) is 5.42. The number of amides is 1. The first-order valence-corrected chi connectivity index (χ1v) is 8.88. The number of methoxy groups -OCH3 is 1. The van der Waals surface area contributed by atoms with Gasteiger partial charge < -0.3 is 10.1 Å². The lowest BCUT2D eigenvalue weighted by Crippen LogP contribution is -2.48. The molecule has 3 atom stereocenters. The molecule has 1 aliphatic carbocycles. The predicted molar refractivity (Wildman–Crippen MR) is 91.7 cm³/mol. The summed E-state index contributed by atoms with van der Waals surface area (Å²) in [5, 5.41) is 3.31. The number of carbonyl (C=O) groups is 1. The fourth-order valence-corrected chi connectivity index (χ4v) is 4.09. The SMILES string of the molecule is CCc1ccccc1C(=O)N[C@@H]1CCC[C@@H]1N1CCC(OC)C1. The minimum absolute atomic E-state index is 0.0850. The number of rotatable bonds is 5. The van der Waals surface area contributed by atoms with E-state index in [2.05, 4.69) is 17.1 Å². The van der Waals surface area contributed by atoms with Gasteiger partial charge in [-0.2, -0.15) is 0 Å². The summed E-state index contributed by atoms with van der Waals surface area (Å²) in [7, 11) is 1.80. The van der Waals surface area contributed by atoms with Crippen molar-refractivity contribution in [3.05, 3.63) is 35.4 Å². The van der Waals surface area contributed by atoms with Crippen molar-refractivity contribution in [3.8, 4) is 0 Å². The highest BCUT2D eigenvalue weighted by Gasteiger charge is 2.37. The van der Waals surface area contributed by atoms with Crippen LogP contribution in [-0.4, -0.2) is 49.2 Å². The number of hydrogen-bond donors (Lipinski definition) is 1. The van der Waals surface area contributed by atoms with E-state index < -0.39 is 0 Å². The highest BCUT2D eigenvalue weighted by Crippen LogP contribution is 2.28. The van der Waals surface area contributed by atoms with E-state index in [4.69, 9.17) is 4.74 Å². The quantitative estimate of drug-likeness (QED) is 0.908. The van der Waals surface area contributed by atoms with Gasteiger partial charge in [0.2, 0.25) is 0 Å². The van der Waals surface area contributed by atoms with Gasteiger partial charge in [0.15, 0.2) is 0 Å². The third kappa shape index (κ3) is 3.59. The molecule has 1 aromatic carbocycles. The van der Waals surface area contributed by atoms with E-state index in [1.807, 2.05) is 24.3 Å². The van der Waals surface area contributed by atoms with E-state index in [-0.39, 0.29) is 11.9 Å². The van der Waals surface area contributed by atoms with E-state index >= 15 is 0 Å². The van der Waals surface area contributed by atoms with Crippen LogP contribution < -0.4 is 5.32 Å². The Balaban J connectivity index is 1.65. The van der Waals surface area contributed by atoms with Gasteiger partial charge in [0, 0.05) is 37.8 Å². The number of carbonyl (C=O) groups excluding carboxylic acids is 1. The zero-order chi connectivity index (χ0) is 16.2. The molecule has 0 radical (unpaired) electrons. The van der Waals surface area contributed by atoms with Crippen LogP contribution in [0.2, 0.25) is 0 Å². The molecule has 1 saturated heterocycles. The topological polar surface area (TPSA) is 41.6 Å². The summed E-state index contributed by atoms with van der Waals surface area (Å²) in [5.74, 6) is 0.0850. The van der Waals surface area contributed by atoms with Crippen molar-refractivity contribution in [3.63, 3.8) is 0 Å². The lowest BCUT2D eigenvalue weighted by atomic mass is 10.0. The Kier molecular flexibility index (Phi) is 5.34. The van der Waals surface area contributed by atoms with Crippen LogP contribution in [0.5, 0.6) is 0 Å². The second-order valence-corrected chi connectivity index (χ2v) is 6.73. The van der Waals surface area contributed by atoms with Crippen LogP contribution in [0.1, 0.15) is 48.5 Å². The Bertz CT molecular complexity index is 546. The van der Waals surface area contributed by atoms with E-state index in [0.717, 1.165) is 43.5 Å². The van der Waals surface area contributed by atoms with Gasteiger partial charge in [-0.05, 0) is 43.7 Å². The molecule has 2 aliphatic rings. The molecule has 3 rings (SSSR count). The summed E-state index contributed by atoms with van der Waals surface area (Å²) in [5.41, 5.74) is 1.96. The standard InChI is InChI=1S/C19H28N2O2/c1-3-14-7-4-5-8-16(14)19(22)20-17-9-6-10-18(17)21-12-11-15(13-21)23-2/h4-5,7-8,15,17-18H,3,6,9-13H2,1-2H3,(H,20,22)/t15?,17-,18+/m1/s1. The van der Waals surface area contributed by atoms with E-state index in [9.17, 15) is 4.79 Å². The Morgan fingerprint density at radius 2 is 2.13 bits per heavy atom. The number of nitrogens with zero attached hydrogens (tertiary/aromatic N) is 1. The molecule has 1 heterocycles. The largest absolute Gasteiger partial charge is 0.380 e. The maximum absolute atomic E-state index is 12.7. The average Bonchev–Trinajstić information content (AvgIpc) is 3.23. The molecule has 1 N–H and O–H groups in total. The zero-order valence-corrected chi connectivity index (χ0v) is 14.3. The molecule has 1 saturated carbocycles. The maximum atomic E-state index is 12.7. The van der Waals surface area contributed by atoms with E-state index in [1.165, 1.54) is 12.8 Å². The highest BCUT2D eigenvalue weighted by molar-refractivity contribution is 5.95. The monoisotopic (exact) mass is 316 g/mol. The van der Waals surface area contributed by atoms with Gasteiger partial charge in [-0.1, -0.05) is 25.1 Å². The summed E-state index contributed by atoms with van der Waals surface area (Å²) in [6, 6.07) is 8.67. The number of benzene rings is 1. The maximum Gasteiger partial charge on any atom is 0.251 e. The minimum Gasteiger partial charge on any atom is -0.380 e. The fraction of sp³-hybridized carbons (Fsp3) is 0.632. The van der Waals surface area contributed by atoms with E-state index in [1.54, 1.807) is 7.11 Å². The summed E-state index contributed by atoms with van der Waals surface area (Å²) in [6.07, 6.45) is 5.80. The first-order valence-electron chi connectivity index (χ1n) is 8.88. The van der Waals surface area contributed by atoms with Gasteiger partial charge in [0.25, 0.3) is 5.91 Å². The molecular weight excluding hydrogens is 288 g/mol. The van der Waals surface area contributed by atoms with Gasteiger partial charge >= 0.3 is 0 Å². The molecule has 4 nitrogen and oxygen atoms in total. The van der Waals surface area contributed by atoms with Gasteiger partial charge in [0.05, 0.1) is 6.10 Å². The average molecular weight is 316 g/mol. The predicted octanol–water partition coefficient (Wildman–Crippen LogP) is 2.62. The highest BCUT2D eigenvalue weighted by atomic mass is 16.5. The first kappa shape index (κ1) is 16.5. The summed E-state index contributed by atoms with van der Waals surface area (Å²) in [4.78, 5) is 15.2. The van der Waals surface area contributed by atoms with Crippen LogP contribution >= 0.6 is 0 Å². The Morgan fingerprint density at radius 3 is 2.87 bits per heavy atom. The van der Waals surface area contributed by atoms with Crippen molar-refractivity contribution >= 4 is 5.91 Å². The molecule has 1 aromatic rings. The summed E-state index contributed by atoms with van der Waals surface area (Å²) in [6.45, 7) is 4.18. The van der Waals surface area contributed by atoms with Crippen molar-refractivity contribution in [2.75, 3.05) is 20.2 Å². The van der Waals surface area contributed by atoms with Gasteiger partial charge in [-0.15, -0.1) is 0 Å². The third-order valence-corrected chi connectivity index (χ3v) is 5.42. The molecule has 4 heteroatoms. The summed E-state index contributed by atoms with van der Waals surface area (Å²) < 4.78 is 5.49. The second kappa shape index (κ2) is 7.45. The van der Waals surface area contributed by atoms with Crippen molar-refractivity contribution < 1.29 is 9.53 Å². The van der Waals surface area contributed by atoms with Crippen molar-refractivity contribution in [2.45, 2.75) is 57.2 Å². The Hall–Kier alpha value is -1.39. The molecule has 1 aliphatic heterocycles. The van der Waals surface area contributed by atoms with Crippen LogP contribution in [0.15, 0.2) is 24.3 Å². The Morgan fingerprint density at radius 1 is 1.30 bits per heavy atom. The zero-order valence-electron chi connectivity index (χ0n) is 14.3. The van der Waals surface area contributed by atoms with Crippen LogP contribution in [0.4, 0.5) is 0 Å². The molecule has 2 fully saturated rings. The van der Waals surface area contributed by atoms with Gasteiger partial charge in [-0.3, -0.25) is 9.69 Å². The number of likely N-dealkylation sites (tertiary alicyclic amines) is 1. The van der Waals surface area contributed by atoms with Gasteiger partial charge in [-0.25, -0.2) is 0 Å². The fourth-order valence-electron chi connectivity index (χ4n) is 4.09. The van der Waals surface area contributed by atoms with Crippen LogP contribution in [0.25, 0.3) is 0 Å².